The second-order valence-corrected chi connectivity index (χ2v) is 5.64. The smallest absolute Gasteiger partial charge is 0.355 e. The summed E-state index contributed by atoms with van der Waals surface area (Å²) in [7, 11) is 0. The summed E-state index contributed by atoms with van der Waals surface area (Å²) < 4.78 is 5.63. The van der Waals surface area contributed by atoms with Gasteiger partial charge in [0.05, 0.1) is 6.10 Å². The Hall–Kier alpha value is -1.14. The first-order chi connectivity index (χ1) is 8.66. The largest absolute Gasteiger partial charge is 0.476 e. The molecule has 0 aliphatic carbocycles. The number of carboxylic acid groups (broad SMARTS) is 1. The molecular formula is C12H18N2O3S. The number of aryl methyl sites for hydroxylation is 1. The molecule has 100 valence electrons. The van der Waals surface area contributed by atoms with Crippen molar-refractivity contribution in [2.75, 3.05) is 18.5 Å². The van der Waals surface area contributed by atoms with Gasteiger partial charge in [-0.3, -0.25) is 0 Å². The third kappa shape index (κ3) is 3.43. The van der Waals surface area contributed by atoms with Crippen molar-refractivity contribution in [3.63, 3.8) is 0 Å². The second kappa shape index (κ2) is 6.15. The minimum Gasteiger partial charge on any atom is -0.476 e. The van der Waals surface area contributed by atoms with Crippen molar-refractivity contribution in [2.24, 2.45) is 0 Å². The van der Waals surface area contributed by atoms with E-state index in [2.05, 4.69) is 10.3 Å². The standard InChI is InChI=1S/C12H18N2O3S/c1-8-10(11(15)16)14-12(18-8)13-6-5-9-4-2-3-7-17-9/h9H,2-7H2,1H3,(H,13,14)(H,15,16). The van der Waals surface area contributed by atoms with E-state index in [4.69, 9.17) is 9.84 Å². The van der Waals surface area contributed by atoms with Gasteiger partial charge in [0.2, 0.25) is 0 Å². The minimum absolute atomic E-state index is 0.149. The van der Waals surface area contributed by atoms with E-state index in [1.807, 2.05) is 0 Å². The molecule has 1 atom stereocenters. The summed E-state index contributed by atoms with van der Waals surface area (Å²) in [5.41, 5.74) is 0.149. The zero-order chi connectivity index (χ0) is 13.0. The molecule has 0 spiro atoms. The summed E-state index contributed by atoms with van der Waals surface area (Å²) in [6.07, 6.45) is 4.81. The Morgan fingerprint density at radius 3 is 3.06 bits per heavy atom. The molecule has 1 aromatic rings. The van der Waals surface area contributed by atoms with Crippen LogP contribution in [0.2, 0.25) is 0 Å². The molecule has 0 aromatic carbocycles. The molecule has 1 aromatic heterocycles. The molecule has 1 aliphatic rings. The van der Waals surface area contributed by atoms with Crippen LogP contribution < -0.4 is 5.32 Å². The number of anilines is 1. The SMILES string of the molecule is Cc1sc(NCCC2CCCCO2)nc1C(=O)O. The maximum absolute atomic E-state index is 10.9. The summed E-state index contributed by atoms with van der Waals surface area (Å²) in [5, 5.41) is 12.8. The van der Waals surface area contributed by atoms with Gasteiger partial charge in [-0.1, -0.05) is 0 Å². The number of hydrogen-bond acceptors (Lipinski definition) is 5. The van der Waals surface area contributed by atoms with Gasteiger partial charge in [0.15, 0.2) is 10.8 Å². The van der Waals surface area contributed by atoms with Gasteiger partial charge < -0.3 is 15.2 Å². The molecule has 0 radical (unpaired) electrons. The molecule has 0 amide bonds. The zero-order valence-corrected chi connectivity index (χ0v) is 11.3. The lowest BCUT2D eigenvalue weighted by Crippen LogP contribution is -2.21. The topological polar surface area (TPSA) is 71.5 Å². The number of aromatic nitrogens is 1. The fraction of sp³-hybridized carbons (Fsp3) is 0.667. The van der Waals surface area contributed by atoms with E-state index in [9.17, 15) is 4.79 Å². The molecule has 1 saturated heterocycles. The predicted molar refractivity (Wildman–Crippen MR) is 70.5 cm³/mol. The van der Waals surface area contributed by atoms with Crippen molar-refractivity contribution in [1.82, 2.24) is 4.98 Å². The molecule has 0 bridgehead atoms. The first kappa shape index (κ1) is 13.3. The zero-order valence-electron chi connectivity index (χ0n) is 10.4. The first-order valence-corrected chi connectivity index (χ1v) is 7.04. The highest BCUT2D eigenvalue weighted by Crippen LogP contribution is 2.22. The van der Waals surface area contributed by atoms with Gasteiger partial charge in [-0.25, -0.2) is 9.78 Å². The monoisotopic (exact) mass is 270 g/mol. The van der Waals surface area contributed by atoms with Crippen LogP contribution in [0.15, 0.2) is 0 Å². The van der Waals surface area contributed by atoms with Crippen molar-refractivity contribution < 1.29 is 14.6 Å². The number of aromatic carboxylic acids is 1. The van der Waals surface area contributed by atoms with Crippen LogP contribution in [0, 0.1) is 6.92 Å². The summed E-state index contributed by atoms with van der Waals surface area (Å²) in [6.45, 7) is 3.41. The van der Waals surface area contributed by atoms with Crippen molar-refractivity contribution in [2.45, 2.75) is 38.7 Å². The molecule has 2 rings (SSSR count). The lowest BCUT2D eigenvalue weighted by Gasteiger charge is -2.22. The number of nitrogens with one attached hydrogen (secondary N) is 1. The van der Waals surface area contributed by atoms with E-state index in [1.165, 1.54) is 17.8 Å². The van der Waals surface area contributed by atoms with E-state index in [-0.39, 0.29) is 5.69 Å². The van der Waals surface area contributed by atoms with E-state index in [0.717, 1.165) is 37.3 Å². The maximum atomic E-state index is 10.9. The van der Waals surface area contributed by atoms with Gasteiger partial charge >= 0.3 is 5.97 Å². The number of carboxylic acids is 1. The van der Waals surface area contributed by atoms with Crippen molar-refractivity contribution in [3.05, 3.63) is 10.6 Å². The average Bonchev–Trinajstić information content (AvgIpc) is 2.72. The highest BCUT2D eigenvalue weighted by molar-refractivity contribution is 7.15. The molecule has 2 N–H and O–H groups in total. The molecule has 1 unspecified atom stereocenters. The lowest BCUT2D eigenvalue weighted by atomic mass is 10.1. The molecule has 18 heavy (non-hydrogen) atoms. The normalized spacial score (nSPS) is 19.7. The summed E-state index contributed by atoms with van der Waals surface area (Å²) in [4.78, 5) is 15.6. The lowest BCUT2D eigenvalue weighted by molar-refractivity contribution is 0.0134. The number of rotatable bonds is 5. The number of thiazole rings is 1. The van der Waals surface area contributed by atoms with Crippen LogP contribution in [0.1, 0.15) is 41.0 Å². The molecule has 2 heterocycles. The van der Waals surface area contributed by atoms with Gasteiger partial charge in [-0.15, -0.1) is 11.3 Å². The van der Waals surface area contributed by atoms with E-state index in [1.54, 1.807) is 6.92 Å². The Kier molecular flexibility index (Phi) is 4.54. The van der Waals surface area contributed by atoms with Crippen LogP contribution in [-0.2, 0) is 4.74 Å². The Labute approximate surface area is 110 Å². The van der Waals surface area contributed by atoms with E-state index >= 15 is 0 Å². The summed E-state index contributed by atoms with van der Waals surface area (Å²) in [5.74, 6) is -0.965. The first-order valence-electron chi connectivity index (χ1n) is 6.23. The van der Waals surface area contributed by atoms with Crippen LogP contribution in [0.5, 0.6) is 0 Å². The summed E-state index contributed by atoms with van der Waals surface area (Å²) in [6, 6.07) is 0. The highest BCUT2D eigenvalue weighted by atomic mass is 32.1. The third-order valence-corrected chi connectivity index (χ3v) is 3.94. The van der Waals surface area contributed by atoms with Gasteiger partial charge in [-0.2, -0.15) is 0 Å². The van der Waals surface area contributed by atoms with Crippen LogP contribution in [0.25, 0.3) is 0 Å². The Morgan fingerprint density at radius 1 is 1.61 bits per heavy atom. The Morgan fingerprint density at radius 2 is 2.44 bits per heavy atom. The molecular weight excluding hydrogens is 252 g/mol. The van der Waals surface area contributed by atoms with Gasteiger partial charge in [0.25, 0.3) is 0 Å². The predicted octanol–water partition coefficient (Wildman–Crippen LogP) is 2.52. The summed E-state index contributed by atoms with van der Waals surface area (Å²) >= 11 is 1.39. The quantitative estimate of drug-likeness (QED) is 0.860. The van der Waals surface area contributed by atoms with Crippen molar-refractivity contribution in [3.8, 4) is 0 Å². The number of nitrogens with zero attached hydrogens (tertiary/aromatic N) is 1. The second-order valence-electron chi connectivity index (χ2n) is 4.43. The van der Waals surface area contributed by atoms with Crippen molar-refractivity contribution in [1.29, 1.82) is 0 Å². The van der Waals surface area contributed by atoms with Gasteiger partial charge in [0, 0.05) is 18.0 Å². The number of ether oxygens (including phenoxy) is 1. The Bertz CT molecular complexity index is 413. The average molecular weight is 270 g/mol. The van der Waals surface area contributed by atoms with Gasteiger partial charge in [0.1, 0.15) is 0 Å². The maximum Gasteiger partial charge on any atom is 0.355 e. The molecule has 6 heteroatoms. The fourth-order valence-electron chi connectivity index (χ4n) is 2.05. The van der Waals surface area contributed by atoms with Gasteiger partial charge in [-0.05, 0) is 32.6 Å². The fourth-order valence-corrected chi connectivity index (χ4v) is 2.88. The Balaban J connectivity index is 1.79. The van der Waals surface area contributed by atoms with E-state index < -0.39 is 5.97 Å². The van der Waals surface area contributed by atoms with Crippen LogP contribution in [-0.4, -0.2) is 35.3 Å². The van der Waals surface area contributed by atoms with Crippen LogP contribution in [0.4, 0.5) is 5.13 Å². The van der Waals surface area contributed by atoms with Crippen molar-refractivity contribution >= 4 is 22.4 Å². The van der Waals surface area contributed by atoms with Crippen LogP contribution >= 0.6 is 11.3 Å². The highest BCUT2D eigenvalue weighted by Gasteiger charge is 2.15. The number of carbonyl (C=O) groups is 1. The molecule has 1 fully saturated rings. The van der Waals surface area contributed by atoms with E-state index in [0.29, 0.717) is 11.2 Å². The molecule has 0 saturated carbocycles. The number of hydrogen-bond donors (Lipinski definition) is 2. The van der Waals surface area contributed by atoms with Crippen LogP contribution in [0.3, 0.4) is 0 Å². The minimum atomic E-state index is -0.965. The third-order valence-electron chi connectivity index (χ3n) is 3.02. The molecule has 1 aliphatic heterocycles. The molecule has 5 nitrogen and oxygen atoms in total.